The Balaban J connectivity index is 1.81. The summed E-state index contributed by atoms with van der Waals surface area (Å²) < 4.78 is 0. The van der Waals surface area contributed by atoms with E-state index in [0.29, 0.717) is 23.9 Å². The first-order valence-corrected chi connectivity index (χ1v) is 6.68. The molecule has 2 atom stereocenters. The summed E-state index contributed by atoms with van der Waals surface area (Å²) in [6, 6.07) is 3.40. The second-order valence-electron chi connectivity index (χ2n) is 5.56. The summed E-state index contributed by atoms with van der Waals surface area (Å²) in [5, 5.41) is 3.63. The number of nitrogens with zero attached hydrogens (tertiary/aromatic N) is 2. The summed E-state index contributed by atoms with van der Waals surface area (Å²) in [6.45, 7) is 1.82. The van der Waals surface area contributed by atoms with E-state index in [-0.39, 0.29) is 5.56 Å². The minimum atomic E-state index is -0.0683. The average Bonchev–Trinajstić information content (AvgIpc) is 2.66. The maximum atomic E-state index is 11.5. The molecule has 0 aromatic carbocycles. The molecule has 1 aromatic heterocycles. The van der Waals surface area contributed by atoms with Gasteiger partial charge in [0, 0.05) is 31.2 Å². The zero-order valence-corrected chi connectivity index (χ0v) is 10.9. The molecule has 0 radical (unpaired) electrons. The SMILES string of the molecule is Cc1nc(N(C)C2CC3CCC(C2)N3)cc(=O)[nH]1. The molecule has 2 N–H and O–H groups in total. The van der Waals surface area contributed by atoms with Gasteiger partial charge in [0.15, 0.2) is 0 Å². The first kappa shape index (κ1) is 11.7. The zero-order chi connectivity index (χ0) is 12.7. The molecule has 2 saturated heterocycles. The number of aryl methyl sites for hydroxylation is 1. The fraction of sp³-hybridized carbons (Fsp3) is 0.692. The Morgan fingerprint density at radius 3 is 2.61 bits per heavy atom. The average molecular weight is 248 g/mol. The highest BCUT2D eigenvalue weighted by Crippen LogP contribution is 2.30. The van der Waals surface area contributed by atoms with Crippen molar-refractivity contribution in [1.29, 1.82) is 0 Å². The number of hydrogen-bond donors (Lipinski definition) is 2. The van der Waals surface area contributed by atoms with Crippen molar-refractivity contribution in [2.75, 3.05) is 11.9 Å². The van der Waals surface area contributed by atoms with Crippen LogP contribution < -0.4 is 15.8 Å². The second kappa shape index (κ2) is 4.39. The molecule has 0 saturated carbocycles. The van der Waals surface area contributed by atoms with E-state index < -0.39 is 0 Å². The van der Waals surface area contributed by atoms with Crippen LogP contribution in [0.25, 0.3) is 0 Å². The summed E-state index contributed by atoms with van der Waals surface area (Å²) in [5.41, 5.74) is -0.0683. The fourth-order valence-electron chi connectivity index (χ4n) is 3.27. The molecular weight excluding hydrogens is 228 g/mol. The molecule has 1 aromatic rings. The molecular formula is C13H20N4O. The molecule has 2 fully saturated rings. The van der Waals surface area contributed by atoms with E-state index >= 15 is 0 Å². The Morgan fingerprint density at radius 1 is 1.33 bits per heavy atom. The topological polar surface area (TPSA) is 61.0 Å². The van der Waals surface area contributed by atoms with E-state index in [9.17, 15) is 4.79 Å². The Labute approximate surface area is 107 Å². The number of nitrogens with one attached hydrogen (secondary N) is 2. The fourth-order valence-corrected chi connectivity index (χ4v) is 3.27. The minimum absolute atomic E-state index is 0.0683. The number of hydrogen-bond acceptors (Lipinski definition) is 4. The Kier molecular flexibility index (Phi) is 2.86. The van der Waals surface area contributed by atoms with E-state index in [1.807, 2.05) is 6.92 Å². The van der Waals surface area contributed by atoms with Gasteiger partial charge in [0.25, 0.3) is 5.56 Å². The van der Waals surface area contributed by atoms with Crippen LogP contribution in [0.15, 0.2) is 10.9 Å². The van der Waals surface area contributed by atoms with Gasteiger partial charge in [0.1, 0.15) is 11.6 Å². The maximum Gasteiger partial charge on any atom is 0.252 e. The molecule has 2 unspecified atom stereocenters. The molecule has 0 aliphatic carbocycles. The van der Waals surface area contributed by atoms with Crippen molar-refractivity contribution in [2.45, 2.75) is 50.7 Å². The second-order valence-corrected chi connectivity index (χ2v) is 5.56. The van der Waals surface area contributed by atoms with Gasteiger partial charge >= 0.3 is 0 Å². The van der Waals surface area contributed by atoms with Crippen LogP contribution in [0, 0.1) is 6.92 Å². The van der Waals surface area contributed by atoms with Gasteiger partial charge in [-0.3, -0.25) is 4.79 Å². The third-order valence-electron chi connectivity index (χ3n) is 4.20. The molecule has 5 nitrogen and oxygen atoms in total. The molecule has 2 bridgehead atoms. The van der Waals surface area contributed by atoms with Crippen LogP contribution >= 0.6 is 0 Å². The van der Waals surface area contributed by atoms with Crippen molar-refractivity contribution in [3.63, 3.8) is 0 Å². The Hall–Kier alpha value is -1.36. The Morgan fingerprint density at radius 2 is 2.00 bits per heavy atom. The lowest BCUT2D eigenvalue weighted by Crippen LogP contribution is -2.47. The lowest BCUT2D eigenvalue weighted by molar-refractivity contribution is 0.353. The highest BCUT2D eigenvalue weighted by atomic mass is 16.1. The van der Waals surface area contributed by atoms with Gasteiger partial charge in [-0.2, -0.15) is 0 Å². The summed E-state index contributed by atoms with van der Waals surface area (Å²) >= 11 is 0. The summed E-state index contributed by atoms with van der Waals surface area (Å²) in [7, 11) is 2.05. The van der Waals surface area contributed by atoms with E-state index in [0.717, 1.165) is 18.7 Å². The van der Waals surface area contributed by atoms with Crippen LogP contribution in [0.5, 0.6) is 0 Å². The van der Waals surface area contributed by atoms with Crippen molar-refractivity contribution in [2.24, 2.45) is 0 Å². The van der Waals surface area contributed by atoms with Crippen LogP contribution in [-0.4, -0.2) is 35.1 Å². The molecule has 0 spiro atoms. The first-order valence-electron chi connectivity index (χ1n) is 6.68. The first-order chi connectivity index (χ1) is 8.61. The van der Waals surface area contributed by atoms with Crippen LogP contribution in [0.1, 0.15) is 31.5 Å². The number of rotatable bonds is 2. The molecule has 2 aliphatic rings. The van der Waals surface area contributed by atoms with Crippen LogP contribution in [0.3, 0.4) is 0 Å². The molecule has 5 heteroatoms. The number of piperidine rings is 1. The van der Waals surface area contributed by atoms with Crippen molar-refractivity contribution >= 4 is 5.82 Å². The number of anilines is 1. The maximum absolute atomic E-state index is 11.5. The third-order valence-corrected chi connectivity index (χ3v) is 4.20. The third kappa shape index (κ3) is 2.14. The molecule has 3 rings (SSSR count). The predicted molar refractivity (Wildman–Crippen MR) is 71.0 cm³/mol. The Bertz CT molecular complexity index is 486. The van der Waals surface area contributed by atoms with Gasteiger partial charge in [-0.1, -0.05) is 0 Å². The quantitative estimate of drug-likeness (QED) is 0.812. The van der Waals surface area contributed by atoms with Gasteiger partial charge in [-0.15, -0.1) is 0 Å². The summed E-state index contributed by atoms with van der Waals surface area (Å²) in [5.74, 6) is 1.48. The lowest BCUT2D eigenvalue weighted by atomic mass is 9.98. The van der Waals surface area contributed by atoms with Crippen molar-refractivity contribution in [1.82, 2.24) is 15.3 Å². The van der Waals surface area contributed by atoms with Crippen LogP contribution in [0.2, 0.25) is 0 Å². The van der Waals surface area contributed by atoms with E-state index in [2.05, 4.69) is 27.2 Å². The smallest absolute Gasteiger partial charge is 0.252 e. The van der Waals surface area contributed by atoms with Gasteiger partial charge < -0.3 is 15.2 Å². The summed E-state index contributed by atoms with van der Waals surface area (Å²) in [4.78, 5) is 20.8. The van der Waals surface area contributed by atoms with Crippen LogP contribution in [0.4, 0.5) is 5.82 Å². The van der Waals surface area contributed by atoms with Crippen molar-refractivity contribution < 1.29 is 0 Å². The largest absolute Gasteiger partial charge is 0.356 e. The molecule has 3 heterocycles. The predicted octanol–water partition coefficient (Wildman–Crippen LogP) is 0.798. The van der Waals surface area contributed by atoms with Crippen molar-refractivity contribution in [3.8, 4) is 0 Å². The molecule has 0 amide bonds. The van der Waals surface area contributed by atoms with Gasteiger partial charge in [-0.05, 0) is 32.6 Å². The van der Waals surface area contributed by atoms with Gasteiger partial charge in [0.05, 0.1) is 0 Å². The molecule has 18 heavy (non-hydrogen) atoms. The highest BCUT2D eigenvalue weighted by molar-refractivity contribution is 5.38. The molecule has 2 aliphatic heterocycles. The number of aromatic nitrogens is 2. The lowest BCUT2D eigenvalue weighted by Gasteiger charge is -2.36. The van der Waals surface area contributed by atoms with E-state index in [1.54, 1.807) is 6.07 Å². The number of fused-ring (bicyclic) bond motifs is 2. The zero-order valence-electron chi connectivity index (χ0n) is 10.9. The van der Waals surface area contributed by atoms with Gasteiger partial charge in [-0.25, -0.2) is 4.98 Å². The van der Waals surface area contributed by atoms with Gasteiger partial charge in [0.2, 0.25) is 0 Å². The monoisotopic (exact) mass is 248 g/mol. The standard InChI is InChI=1S/C13H20N4O/c1-8-14-12(7-13(18)15-8)17(2)11-5-9-3-4-10(6-11)16-9/h7,9-11,16H,3-6H2,1-2H3,(H,14,15,18). The minimum Gasteiger partial charge on any atom is -0.356 e. The van der Waals surface area contributed by atoms with E-state index in [1.165, 1.54) is 12.8 Å². The summed E-state index contributed by atoms with van der Waals surface area (Å²) in [6.07, 6.45) is 4.88. The number of H-pyrrole nitrogens is 1. The van der Waals surface area contributed by atoms with Crippen molar-refractivity contribution in [3.05, 3.63) is 22.2 Å². The van der Waals surface area contributed by atoms with Crippen LogP contribution in [-0.2, 0) is 0 Å². The molecule has 98 valence electrons. The van der Waals surface area contributed by atoms with E-state index in [4.69, 9.17) is 0 Å². The highest BCUT2D eigenvalue weighted by Gasteiger charge is 2.35. The number of aromatic amines is 1. The normalized spacial score (nSPS) is 30.4.